The predicted octanol–water partition coefficient (Wildman–Crippen LogP) is 1.14. The van der Waals surface area contributed by atoms with Crippen LogP contribution in [-0.2, 0) is 13.0 Å². The summed E-state index contributed by atoms with van der Waals surface area (Å²) in [4.78, 5) is 8.79. The average Bonchev–Trinajstić information content (AvgIpc) is 2.76. The summed E-state index contributed by atoms with van der Waals surface area (Å²) < 4.78 is 7.31. The van der Waals surface area contributed by atoms with Crippen molar-refractivity contribution < 1.29 is 4.74 Å². The predicted molar refractivity (Wildman–Crippen MR) is 69.6 cm³/mol. The minimum absolute atomic E-state index is 0.599. The fraction of sp³-hybridized carbons (Fsp3) is 0.385. The van der Waals surface area contributed by atoms with Crippen molar-refractivity contribution in [2.75, 3.05) is 13.7 Å². The molecule has 2 aromatic heterocycles. The molecule has 0 amide bonds. The molecule has 0 fully saturated rings. The molecular weight excluding hydrogens is 228 g/mol. The largest absolute Gasteiger partial charge is 0.497 e. The summed E-state index contributed by atoms with van der Waals surface area (Å²) in [5.74, 6) is 1.82. The monoisotopic (exact) mass is 246 g/mol. The Morgan fingerprint density at radius 1 is 1.39 bits per heavy atom. The molecule has 0 aromatic carbocycles. The molecule has 0 bridgehead atoms. The Morgan fingerprint density at radius 3 is 2.94 bits per heavy atom. The molecule has 2 N–H and O–H groups in total. The highest BCUT2D eigenvalue weighted by atomic mass is 16.5. The summed E-state index contributed by atoms with van der Waals surface area (Å²) in [6, 6.07) is 3.86. The maximum Gasteiger partial charge on any atom is 0.122 e. The molecule has 0 aliphatic heterocycles. The van der Waals surface area contributed by atoms with Gasteiger partial charge in [0.15, 0.2) is 0 Å². The average molecular weight is 246 g/mol. The van der Waals surface area contributed by atoms with Crippen LogP contribution in [0.3, 0.4) is 0 Å². The summed E-state index contributed by atoms with van der Waals surface area (Å²) >= 11 is 0. The van der Waals surface area contributed by atoms with Gasteiger partial charge in [0, 0.05) is 36.6 Å². The van der Waals surface area contributed by atoms with Crippen molar-refractivity contribution in [3.63, 3.8) is 0 Å². The number of nitrogens with two attached hydrogens (primary N) is 1. The smallest absolute Gasteiger partial charge is 0.122 e. The lowest BCUT2D eigenvalue weighted by Gasteiger charge is -2.09. The molecule has 0 aliphatic rings. The van der Waals surface area contributed by atoms with Crippen LogP contribution in [0.4, 0.5) is 0 Å². The lowest BCUT2D eigenvalue weighted by Crippen LogP contribution is -2.11. The Morgan fingerprint density at radius 2 is 2.22 bits per heavy atom. The molecule has 2 rings (SSSR count). The molecule has 0 aliphatic carbocycles. The standard InChI is InChI=1S/C13H18N4O/c1-10-7-12(18-2)8-11(16-10)9-17-6-5-15-13(17)3-4-14/h5-8H,3-4,9,14H2,1-2H3. The maximum atomic E-state index is 5.56. The van der Waals surface area contributed by atoms with Gasteiger partial charge >= 0.3 is 0 Å². The van der Waals surface area contributed by atoms with E-state index in [1.165, 1.54) is 0 Å². The number of pyridine rings is 1. The zero-order valence-corrected chi connectivity index (χ0v) is 10.8. The highest BCUT2D eigenvalue weighted by Crippen LogP contribution is 2.14. The molecule has 5 heteroatoms. The van der Waals surface area contributed by atoms with Crippen molar-refractivity contribution in [2.24, 2.45) is 5.73 Å². The summed E-state index contributed by atoms with van der Waals surface area (Å²) in [7, 11) is 1.66. The van der Waals surface area contributed by atoms with Crippen molar-refractivity contribution >= 4 is 0 Å². The van der Waals surface area contributed by atoms with Gasteiger partial charge in [-0.25, -0.2) is 4.98 Å². The second kappa shape index (κ2) is 5.64. The fourth-order valence-corrected chi connectivity index (χ4v) is 1.92. The van der Waals surface area contributed by atoms with Crippen LogP contribution in [0, 0.1) is 6.92 Å². The van der Waals surface area contributed by atoms with Gasteiger partial charge in [0.2, 0.25) is 0 Å². The lowest BCUT2D eigenvalue weighted by molar-refractivity contribution is 0.412. The van der Waals surface area contributed by atoms with E-state index in [1.807, 2.05) is 25.3 Å². The van der Waals surface area contributed by atoms with E-state index in [2.05, 4.69) is 14.5 Å². The molecule has 5 nitrogen and oxygen atoms in total. The molecule has 0 atom stereocenters. The molecular formula is C13H18N4O. The van der Waals surface area contributed by atoms with Gasteiger partial charge in [-0.1, -0.05) is 0 Å². The van der Waals surface area contributed by atoms with Crippen LogP contribution < -0.4 is 10.5 Å². The first-order valence-electron chi connectivity index (χ1n) is 5.94. The molecule has 0 radical (unpaired) electrons. The number of hydrogen-bond donors (Lipinski definition) is 1. The Labute approximate surface area is 107 Å². The Kier molecular flexibility index (Phi) is 3.94. The highest BCUT2D eigenvalue weighted by molar-refractivity contribution is 5.27. The fourth-order valence-electron chi connectivity index (χ4n) is 1.92. The van der Waals surface area contributed by atoms with Gasteiger partial charge in [0.1, 0.15) is 11.6 Å². The number of hydrogen-bond acceptors (Lipinski definition) is 4. The Balaban J connectivity index is 2.22. The topological polar surface area (TPSA) is 66.0 Å². The molecule has 0 saturated carbocycles. The number of nitrogens with zero attached hydrogens (tertiary/aromatic N) is 3. The lowest BCUT2D eigenvalue weighted by atomic mass is 10.3. The number of imidazole rings is 1. The van der Waals surface area contributed by atoms with Crippen LogP contribution in [0.15, 0.2) is 24.5 Å². The third-order valence-corrected chi connectivity index (χ3v) is 2.72. The van der Waals surface area contributed by atoms with Crippen molar-refractivity contribution in [1.29, 1.82) is 0 Å². The van der Waals surface area contributed by atoms with Crippen LogP contribution >= 0.6 is 0 Å². The molecule has 18 heavy (non-hydrogen) atoms. The van der Waals surface area contributed by atoms with E-state index in [0.29, 0.717) is 13.1 Å². The van der Waals surface area contributed by atoms with Crippen LogP contribution in [0.25, 0.3) is 0 Å². The minimum atomic E-state index is 0.599. The summed E-state index contributed by atoms with van der Waals surface area (Å²) in [5, 5.41) is 0. The van der Waals surface area contributed by atoms with Crippen LogP contribution in [0.2, 0.25) is 0 Å². The normalized spacial score (nSPS) is 10.6. The highest BCUT2D eigenvalue weighted by Gasteiger charge is 2.05. The summed E-state index contributed by atoms with van der Waals surface area (Å²) in [6.07, 6.45) is 4.51. The Hall–Kier alpha value is -1.88. The number of rotatable bonds is 5. The van der Waals surface area contributed by atoms with E-state index in [1.54, 1.807) is 13.3 Å². The van der Waals surface area contributed by atoms with E-state index in [-0.39, 0.29) is 0 Å². The second-order valence-corrected chi connectivity index (χ2v) is 4.15. The van der Waals surface area contributed by atoms with Gasteiger partial charge < -0.3 is 15.0 Å². The first kappa shape index (κ1) is 12.6. The van der Waals surface area contributed by atoms with Crippen LogP contribution in [0.5, 0.6) is 5.75 Å². The van der Waals surface area contributed by atoms with E-state index in [0.717, 1.165) is 29.4 Å². The summed E-state index contributed by atoms with van der Waals surface area (Å²) in [6.45, 7) is 3.25. The van der Waals surface area contributed by atoms with Crippen molar-refractivity contribution in [1.82, 2.24) is 14.5 Å². The van der Waals surface area contributed by atoms with Gasteiger partial charge in [-0.05, 0) is 13.5 Å². The number of ether oxygens (including phenoxy) is 1. The molecule has 0 spiro atoms. The number of aryl methyl sites for hydroxylation is 1. The van der Waals surface area contributed by atoms with Gasteiger partial charge in [-0.2, -0.15) is 0 Å². The zero-order valence-electron chi connectivity index (χ0n) is 10.8. The zero-order chi connectivity index (χ0) is 13.0. The first-order valence-corrected chi connectivity index (χ1v) is 5.94. The van der Waals surface area contributed by atoms with E-state index in [4.69, 9.17) is 10.5 Å². The van der Waals surface area contributed by atoms with Crippen LogP contribution in [-0.4, -0.2) is 28.2 Å². The van der Waals surface area contributed by atoms with Crippen molar-refractivity contribution in [3.05, 3.63) is 41.7 Å². The number of methoxy groups -OCH3 is 1. The van der Waals surface area contributed by atoms with Gasteiger partial charge in [-0.15, -0.1) is 0 Å². The number of aromatic nitrogens is 3. The minimum Gasteiger partial charge on any atom is -0.497 e. The van der Waals surface area contributed by atoms with Gasteiger partial charge in [-0.3, -0.25) is 4.98 Å². The molecule has 2 aromatic rings. The molecule has 0 unspecified atom stereocenters. The first-order chi connectivity index (χ1) is 8.72. The quantitative estimate of drug-likeness (QED) is 0.859. The SMILES string of the molecule is COc1cc(C)nc(Cn2ccnc2CCN)c1. The molecule has 96 valence electrons. The third kappa shape index (κ3) is 2.87. The maximum absolute atomic E-state index is 5.56. The van der Waals surface area contributed by atoms with Crippen molar-refractivity contribution in [2.45, 2.75) is 19.9 Å². The molecule has 0 saturated heterocycles. The Bertz CT molecular complexity index is 521. The van der Waals surface area contributed by atoms with Gasteiger partial charge in [0.05, 0.1) is 19.3 Å². The summed E-state index contributed by atoms with van der Waals surface area (Å²) in [5.41, 5.74) is 7.47. The van der Waals surface area contributed by atoms with E-state index < -0.39 is 0 Å². The second-order valence-electron chi connectivity index (χ2n) is 4.15. The van der Waals surface area contributed by atoms with E-state index in [9.17, 15) is 0 Å². The van der Waals surface area contributed by atoms with E-state index >= 15 is 0 Å². The molecule has 2 heterocycles. The van der Waals surface area contributed by atoms with Crippen LogP contribution in [0.1, 0.15) is 17.2 Å². The van der Waals surface area contributed by atoms with Crippen molar-refractivity contribution in [3.8, 4) is 5.75 Å². The third-order valence-electron chi connectivity index (χ3n) is 2.72. The van der Waals surface area contributed by atoms with Gasteiger partial charge in [0.25, 0.3) is 0 Å².